The molecule has 0 atom stereocenters. The van der Waals surface area contributed by atoms with Crippen LogP contribution >= 0.6 is 0 Å². The lowest BCUT2D eigenvalue weighted by Crippen LogP contribution is -2.37. The molecule has 16 heavy (non-hydrogen) atoms. The molecule has 1 aliphatic heterocycles. The van der Waals surface area contributed by atoms with Gasteiger partial charge in [0.05, 0.1) is 18.8 Å². The molecule has 1 saturated heterocycles. The molecule has 0 aliphatic carbocycles. The summed E-state index contributed by atoms with van der Waals surface area (Å²) in [7, 11) is 0. The zero-order chi connectivity index (χ0) is 12.3. The molecule has 1 N–H and O–H groups in total. The molecule has 1 rings (SSSR count). The van der Waals surface area contributed by atoms with Crippen molar-refractivity contribution in [1.29, 1.82) is 0 Å². The first-order valence-electron chi connectivity index (χ1n) is 5.61. The van der Waals surface area contributed by atoms with Crippen LogP contribution in [0.25, 0.3) is 0 Å². The fraction of sp³-hybridized carbons (Fsp3) is 0.750. The molecule has 0 radical (unpaired) electrons. The fourth-order valence-electron chi connectivity index (χ4n) is 2.08. The molecule has 92 valence electrons. The number of carbonyl (C=O) groups is 1. The normalized spacial score (nSPS) is 19.4. The maximum absolute atomic E-state index is 11.3. The lowest BCUT2D eigenvalue weighted by atomic mass is 9.85. The summed E-state index contributed by atoms with van der Waals surface area (Å²) in [6.45, 7) is 10.6. The fourth-order valence-corrected chi connectivity index (χ4v) is 2.08. The summed E-state index contributed by atoms with van der Waals surface area (Å²) in [5, 5.41) is 9.29. The molecule has 0 aromatic heterocycles. The highest BCUT2D eigenvalue weighted by Crippen LogP contribution is 2.29. The van der Waals surface area contributed by atoms with Gasteiger partial charge in [-0.3, -0.25) is 0 Å². The number of carboxylic acids is 1. The van der Waals surface area contributed by atoms with Crippen LogP contribution in [0.3, 0.4) is 0 Å². The van der Waals surface area contributed by atoms with Gasteiger partial charge in [0.25, 0.3) is 0 Å². The Bertz CT molecular complexity index is 296. The predicted molar refractivity (Wildman–Crippen MR) is 62.2 cm³/mol. The second-order valence-electron chi connectivity index (χ2n) is 5.11. The van der Waals surface area contributed by atoms with Gasteiger partial charge in [0.15, 0.2) is 0 Å². The number of rotatable bonds is 2. The van der Waals surface area contributed by atoms with E-state index in [-0.39, 0.29) is 5.41 Å². The van der Waals surface area contributed by atoms with Crippen LogP contribution < -0.4 is 0 Å². The van der Waals surface area contributed by atoms with Gasteiger partial charge < -0.3 is 14.7 Å². The van der Waals surface area contributed by atoms with Gasteiger partial charge in [-0.05, 0) is 12.3 Å². The van der Waals surface area contributed by atoms with Crippen molar-refractivity contribution in [2.75, 3.05) is 26.3 Å². The minimum Gasteiger partial charge on any atom is -0.478 e. The van der Waals surface area contributed by atoms with E-state index in [4.69, 9.17) is 4.74 Å². The van der Waals surface area contributed by atoms with E-state index in [0.717, 1.165) is 18.8 Å². The highest BCUT2D eigenvalue weighted by Gasteiger charge is 2.28. The van der Waals surface area contributed by atoms with Crippen molar-refractivity contribution < 1.29 is 14.6 Å². The first-order chi connectivity index (χ1) is 7.34. The number of morpholine rings is 1. The number of carboxylic acid groups (broad SMARTS) is 1. The molecule has 0 aromatic rings. The number of hydrogen-bond acceptors (Lipinski definition) is 3. The zero-order valence-corrected chi connectivity index (χ0v) is 10.5. The van der Waals surface area contributed by atoms with Crippen LogP contribution in [0.2, 0.25) is 0 Å². The van der Waals surface area contributed by atoms with Gasteiger partial charge >= 0.3 is 5.97 Å². The van der Waals surface area contributed by atoms with E-state index < -0.39 is 5.97 Å². The topological polar surface area (TPSA) is 49.8 Å². The standard InChI is InChI=1S/C12H21NO3/c1-9(13-5-7-16-8-6-13)10(11(14)15)12(2,3)4/h5-8H2,1-4H3,(H,14,15)/b10-9+. The van der Waals surface area contributed by atoms with Crippen LogP contribution in [-0.2, 0) is 9.53 Å². The number of allylic oxidation sites excluding steroid dienone is 1. The molecular formula is C12H21NO3. The molecule has 0 aromatic carbocycles. The van der Waals surface area contributed by atoms with E-state index >= 15 is 0 Å². The Morgan fingerprint density at radius 1 is 1.25 bits per heavy atom. The summed E-state index contributed by atoms with van der Waals surface area (Å²) in [5.41, 5.74) is 1.02. The number of aliphatic carboxylic acids is 1. The third-order valence-electron chi connectivity index (χ3n) is 2.81. The van der Waals surface area contributed by atoms with Crippen molar-refractivity contribution in [3.05, 3.63) is 11.3 Å². The Hall–Kier alpha value is -1.03. The van der Waals surface area contributed by atoms with Crippen LogP contribution in [0.5, 0.6) is 0 Å². The lowest BCUT2D eigenvalue weighted by Gasteiger charge is -2.33. The molecule has 0 bridgehead atoms. The lowest BCUT2D eigenvalue weighted by molar-refractivity contribution is -0.134. The second kappa shape index (κ2) is 4.87. The summed E-state index contributed by atoms with van der Waals surface area (Å²) < 4.78 is 5.26. The van der Waals surface area contributed by atoms with E-state index in [2.05, 4.69) is 4.90 Å². The average molecular weight is 227 g/mol. The Labute approximate surface area is 96.9 Å². The highest BCUT2D eigenvalue weighted by atomic mass is 16.5. The van der Waals surface area contributed by atoms with Crippen LogP contribution in [-0.4, -0.2) is 42.3 Å². The van der Waals surface area contributed by atoms with Crippen molar-refractivity contribution in [3.63, 3.8) is 0 Å². The summed E-state index contributed by atoms with van der Waals surface area (Å²) in [4.78, 5) is 13.4. The van der Waals surface area contributed by atoms with E-state index in [1.54, 1.807) is 0 Å². The molecule has 0 unspecified atom stereocenters. The summed E-state index contributed by atoms with van der Waals surface area (Å²) in [6, 6.07) is 0. The number of hydrogen-bond donors (Lipinski definition) is 1. The van der Waals surface area contributed by atoms with Gasteiger partial charge in [0.1, 0.15) is 0 Å². The summed E-state index contributed by atoms with van der Waals surface area (Å²) in [6.07, 6.45) is 0. The number of ether oxygens (including phenoxy) is 1. The minimum absolute atomic E-state index is 0.339. The van der Waals surface area contributed by atoms with Gasteiger partial charge in [0.2, 0.25) is 0 Å². The molecule has 0 amide bonds. The van der Waals surface area contributed by atoms with Crippen molar-refractivity contribution in [2.24, 2.45) is 5.41 Å². The molecule has 1 aliphatic rings. The summed E-state index contributed by atoms with van der Waals surface area (Å²) >= 11 is 0. The maximum atomic E-state index is 11.3. The van der Waals surface area contributed by atoms with E-state index in [0.29, 0.717) is 18.8 Å². The molecule has 1 fully saturated rings. The Morgan fingerprint density at radius 2 is 1.75 bits per heavy atom. The monoisotopic (exact) mass is 227 g/mol. The van der Waals surface area contributed by atoms with Gasteiger partial charge in [-0.1, -0.05) is 20.8 Å². The average Bonchev–Trinajstić information content (AvgIpc) is 2.16. The molecule has 4 nitrogen and oxygen atoms in total. The van der Waals surface area contributed by atoms with Gasteiger partial charge in [0, 0.05) is 18.8 Å². The van der Waals surface area contributed by atoms with Gasteiger partial charge in [-0.25, -0.2) is 4.79 Å². The van der Waals surface area contributed by atoms with Crippen molar-refractivity contribution in [3.8, 4) is 0 Å². The molecule has 1 heterocycles. The molecule has 4 heteroatoms. The highest BCUT2D eigenvalue weighted by molar-refractivity contribution is 5.88. The predicted octanol–water partition coefficient (Wildman–Crippen LogP) is 1.72. The second-order valence-corrected chi connectivity index (χ2v) is 5.11. The van der Waals surface area contributed by atoms with Crippen LogP contribution in [0, 0.1) is 5.41 Å². The first-order valence-corrected chi connectivity index (χ1v) is 5.61. The van der Waals surface area contributed by atoms with Crippen molar-refractivity contribution >= 4 is 5.97 Å². The smallest absolute Gasteiger partial charge is 0.333 e. The van der Waals surface area contributed by atoms with E-state index in [9.17, 15) is 9.90 Å². The quantitative estimate of drug-likeness (QED) is 0.730. The minimum atomic E-state index is -0.823. The Kier molecular flexibility index (Phi) is 3.97. The molecular weight excluding hydrogens is 206 g/mol. The van der Waals surface area contributed by atoms with Gasteiger partial charge in [-0.2, -0.15) is 0 Å². The zero-order valence-electron chi connectivity index (χ0n) is 10.5. The Balaban J connectivity index is 3.00. The third-order valence-corrected chi connectivity index (χ3v) is 2.81. The molecule has 0 spiro atoms. The van der Waals surface area contributed by atoms with E-state index in [1.807, 2.05) is 27.7 Å². The maximum Gasteiger partial charge on any atom is 0.333 e. The summed E-state index contributed by atoms with van der Waals surface area (Å²) in [5.74, 6) is -0.823. The third kappa shape index (κ3) is 2.98. The van der Waals surface area contributed by atoms with Crippen molar-refractivity contribution in [2.45, 2.75) is 27.7 Å². The van der Waals surface area contributed by atoms with Crippen molar-refractivity contribution in [1.82, 2.24) is 4.90 Å². The van der Waals surface area contributed by atoms with Crippen LogP contribution in [0.15, 0.2) is 11.3 Å². The van der Waals surface area contributed by atoms with E-state index in [1.165, 1.54) is 0 Å². The Morgan fingerprint density at radius 3 is 2.12 bits per heavy atom. The number of nitrogens with zero attached hydrogens (tertiary/aromatic N) is 1. The van der Waals surface area contributed by atoms with Crippen LogP contribution in [0.1, 0.15) is 27.7 Å². The van der Waals surface area contributed by atoms with Gasteiger partial charge in [-0.15, -0.1) is 0 Å². The molecule has 0 saturated carbocycles. The largest absolute Gasteiger partial charge is 0.478 e. The first kappa shape index (κ1) is 13.0. The van der Waals surface area contributed by atoms with Crippen LogP contribution in [0.4, 0.5) is 0 Å². The SMILES string of the molecule is C/C(=C(/C(=O)O)C(C)(C)C)N1CCOCC1.